The molecule has 0 heterocycles. The highest BCUT2D eigenvalue weighted by Crippen LogP contribution is 2.65. The van der Waals surface area contributed by atoms with Crippen LogP contribution in [0.1, 0.15) is 67.9 Å². The minimum atomic E-state index is -2.67. The summed E-state index contributed by atoms with van der Waals surface area (Å²) < 4.78 is 0. The zero-order valence-electron chi connectivity index (χ0n) is 25.1. The number of allylic oxidation sites excluding steroid dienone is 1. The molecule has 1 aromatic carbocycles. The first-order valence-electron chi connectivity index (χ1n) is 14.9. The van der Waals surface area contributed by atoms with Gasteiger partial charge in [0.1, 0.15) is 22.8 Å². The number of benzene rings is 1. The number of hydrogen-bond acceptors (Lipinski definition) is 9. The number of ketones is 2. The number of aromatic hydroxyl groups is 1. The summed E-state index contributed by atoms with van der Waals surface area (Å²) in [4.78, 5) is 41.0. The van der Waals surface area contributed by atoms with E-state index in [1.54, 1.807) is 14.1 Å². The Labute approximate surface area is 255 Å². The van der Waals surface area contributed by atoms with Gasteiger partial charge in [0, 0.05) is 29.1 Å². The lowest BCUT2D eigenvalue weighted by molar-refractivity contribution is -0.148. The summed E-state index contributed by atoms with van der Waals surface area (Å²) >= 11 is 6.94. The highest BCUT2D eigenvalue weighted by molar-refractivity contribution is 6.33. The summed E-state index contributed by atoms with van der Waals surface area (Å²) in [5.41, 5.74) is 3.07. The topological polar surface area (TPSA) is 173 Å². The standard InChI is InChI=1S/C32H40ClN3O7/c1-30(2)15-6-7-31(30,3)19(11-15)35-12-14-10-18(37)21-16(23(14)33)8-13-9-17-24(36(4)5)26(39)22(29(34)42)28(41)32(17,43)27(40)20(13)25(21)38/h10,13,15,17,19,24,35,37,39-40,43H,6-9,11-12H2,1-5H3,(H2,34,42)/t13-,15?,17-,19+,24-,31?,32-/m0/s1. The Balaban J connectivity index is 1.37. The van der Waals surface area contributed by atoms with Crippen LogP contribution in [0.25, 0.3) is 0 Å². The smallest absolute Gasteiger partial charge is 0.255 e. The van der Waals surface area contributed by atoms with E-state index >= 15 is 0 Å². The lowest BCUT2D eigenvalue weighted by Crippen LogP contribution is -2.63. The number of phenolic OH excluding ortho intramolecular Hbond substituents is 1. The maximum absolute atomic E-state index is 13.9. The van der Waals surface area contributed by atoms with Crippen LogP contribution in [0, 0.1) is 28.6 Å². The summed E-state index contributed by atoms with van der Waals surface area (Å²) in [7, 11) is 3.19. The first-order valence-corrected chi connectivity index (χ1v) is 15.3. The normalized spacial score (nSPS) is 36.2. The average molecular weight is 614 g/mol. The molecule has 1 aromatic rings. The number of nitrogens with two attached hydrogens (primary N) is 1. The van der Waals surface area contributed by atoms with Crippen molar-refractivity contribution in [2.24, 2.45) is 34.3 Å². The molecule has 11 heteroatoms. The van der Waals surface area contributed by atoms with Crippen LogP contribution in [-0.2, 0) is 22.6 Å². The van der Waals surface area contributed by atoms with Gasteiger partial charge >= 0.3 is 0 Å². The number of Topliss-reactive ketones (excluding diaryl/α,β-unsaturated/α-hetero) is 2. The molecule has 0 radical (unpaired) electrons. The monoisotopic (exact) mass is 613 g/mol. The molecule has 2 unspecified atom stereocenters. The molecule has 7 atom stereocenters. The summed E-state index contributed by atoms with van der Waals surface area (Å²) in [6.45, 7) is 7.42. The Morgan fingerprint density at radius 2 is 1.84 bits per heavy atom. The van der Waals surface area contributed by atoms with E-state index in [9.17, 15) is 34.8 Å². The van der Waals surface area contributed by atoms with Crippen LogP contribution in [0.4, 0.5) is 0 Å². The van der Waals surface area contributed by atoms with E-state index in [4.69, 9.17) is 17.3 Å². The second kappa shape index (κ2) is 9.54. The first-order chi connectivity index (χ1) is 20.0. The highest BCUT2D eigenvalue weighted by atomic mass is 35.5. The number of nitrogens with zero attached hydrogens (tertiary/aromatic N) is 1. The third kappa shape index (κ3) is 3.79. The van der Waals surface area contributed by atoms with Crippen LogP contribution in [0.5, 0.6) is 5.75 Å². The Morgan fingerprint density at radius 3 is 2.40 bits per heavy atom. The van der Waals surface area contributed by atoms with Gasteiger partial charge in [-0.1, -0.05) is 32.4 Å². The summed E-state index contributed by atoms with van der Waals surface area (Å²) in [6.07, 6.45) is 3.62. The van der Waals surface area contributed by atoms with Gasteiger partial charge < -0.3 is 31.5 Å². The number of primary amides is 1. The molecular formula is C32H40ClN3O7. The van der Waals surface area contributed by atoms with Gasteiger partial charge in [-0.15, -0.1) is 0 Å². The van der Waals surface area contributed by atoms with Crippen molar-refractivity contribution in [3.8, 4) is 5.75 Å². The zero-order valence-corrected chi connectivity index (χ0v) is 25.9. The summed E-state index contributed by atoms with van der Waals surface area (Å²) in [5, 5.41) is 49.2. The number of carbonyl (C=O) groups is 3. The van der Waals surface area contributed by atoms with E-state index in [-0.39, 0.29) is 46.6 Å². The lowest BCUT2D eigenvalue weighted by atomic mass is 9.58. The predicted octanol–water partition coefficient (Wildman–Crippen LogP) is 3.08. The molecule has 10 nitrogen and oxygen atoms in total. The molecule has 5 aliphatic carbocycles. The molecule has 0 saturated heterocycles. The van der Waals surface area contributed by atoms with Crippen LogP contribution in [0.3, 0.4) is 0 Å². The Kier molecular flexibility index (Phi) is 6.68. The third-order valence-corrected chi connectivity index (χ3v) is 12.5. The largest absolute Gasteiger partial charge is 0.510 e. The van der Waals surface area contributed by atoms with Crippen molar-refractivity contribution in [1.82, 2.24) is 10.2 Å². The van der Waals surface area contributed by atoms with E-state index in [2.05, 4.69) is 26.1 Å². The van der Waals surface area contributed by atoms with E-state index in [0.29, 0.717) is 28.6 Å². The van der Waals surface area contributed by atoms with Crippen molar-refractivity contribution in [1.29, 1.82) is 0 Å². The van der Waals surface area contributed by atoms with Crippen molar-refractivity contribution in [2.45, 2.75) is 77.1 Å². The Bertz CT molecular complexity index is 1550. The van der Waals surface area contributed by atoms with E-state index in [1.807, 2.05) is 0 Å². The number of phenols is 1. The molecule has 1 amide bonds. The average Bonchev–Trinajstić information content (AvgIpc) is 3.25. The lowest BCUT2D eigenvalue weighted by Gasteiger charge is -2.50. The van der Waals surface area contributed by atoms with Crippen LogP contribution >= 0.6 is 11.6 Å². The Hall–Kier alpha value is -2.92. The zero-order chi connectivity index (χ0) is 31.5. The SMILES string of the molecule is CN(C)[C@@H]1C(O)=C(C(N)=O)C(=O)[C@@]2(O)C(O)=C3C(=O)c4c(O)cc(CN[C@@H]5CC6CCC5(C)C6(C)C)c(Cl)c4C[C@H]3C[C@@H]12. The minimum absolute atomic E-state index is 0.0161. The molecule has 5 aliphatic rings. The molecular weight excluding hydrogens is 574 g/mol. The minimum Gasteiger partial charge on any atom is -0.510 e. The fourth-order valence-corrected chi connectivity index (χ4v) is 9.52. The summed E-state index contributed by atoms with van der Waals surface area (Å²) in [6, 6.07) is 0.708. The number of amides is 1. The fourth-order valence-electron chi connectivity index (χ4n) is 9.23. The van der Waals surface area contributed by atoms with Crippen molar-refractivity contribution < 1.29 is 34.8 Å². The van der Waals surface area contributed by atoms with Crippen molar-refractivity contribution in [3.63, 3.8) is 0 Å². The van der Waals surface area contributed by atoms with Crippen LogP contribution in [0.2, 0.25) is 5.02 Å². The fraction of sp³-hybridized carbons (Fsp3) is 0.594. The summed E-state index contributed by atoms with van der Waals surface area (Å²) in [5.74, 6) is -6.16. The quantitative estimate of drug-likeness (QED) is 0.273. The molecule has 0 spiro atoms. The number of fused-ring (bicyclic) bond motifs is 5. The second-order valence-electron chi connectivity index (χ2n) is 14.2. The van der Waals surface area contributed by atoms with Gasteiger partial charge in [0.05, 0.1) is 11.6 Å². The molecule has 0 aromatic heterocycles. The van der Waals surface area contributed by atoms with Crippen LogP contribution < -0.4 is 11.1 Å². The van der Waals surface area contributed by atoms with Gasteiger partial charge in [-0.3, -0.25) is 19.3 Å². The van der Waals surface area contributed by atoms with E-state index in [0.717, 1.165) is 12.8 Å². The molecule has 6 rings (SSSR count). The van der Waals surface area contributed by atoms with Crippen LogP contribution in [0.15, 0.2) is 28.7 Å². The molecule has 0 aliphatic heterocycles. The first kappa shape index (κ1) is 30.1. The predicted molar refractivity (Wildman–Crippen MR) is 159 cm³/mol. The number of likely N-dealkylation sites (N-methyl/N-ethyl adjacent to an activating group) is 1. The molecule has 2 saturated carbocycles. The van der Waals surface area contributed by atoms with Crippen molar-refractivity contribution in [3.05, 3.63) is 50.4 Å². The number of halogens is 1. The van der Waals surface area contributed by atoms with Gasteiger partial charge in [-0.05, 0) is 86.1 Å². The van der Waals surface area contributed by atoms with Gasteiger partial charge in [0.25, 0.3) is 5.91 Å². The second-order valence-corrected chi connectivity index (χ2v) is 14.6. The van der Waals surface area contributed by atoms with Crippen LogP contribution in [-0.4, -0.2) is 74.6 Å². The molecule has 7 N–H and O–H groups in total. The van der Waals surface area contributed by atoms with Crippen molar-refractivity contribution in [2.75, 3.05) is 14.1 Å². The molecule has 232 valence electrons. The van der Waals surface area contributed by atoms with E-state index in [1.165, 1.54) is 17.4 Å². The number of aliphatic hydroxyl groups is 3. The maximum Gasteiger partial charge on any atom is 0.255 e. The molecule has 43 heavy (non-hydrogen) atoms. The van der Waals surface area contributed by atoms with Gasteiger partial charge in [0.15, 0.2) is 11.4 Å². The number of hydrogen-bond donors (Lipinski definition) is 6. The van der Waals surface area contributed by atoms with Crippen molar-refractivity contribution >= 4 is 29.1 Å². The molecule has 2 bridgehead atoms. The number of carbonyl (C=O) groups excluding carboxylic acids is 3. The third-order valence-electron chi connectivity index (χ3n) is 12.1. The number of rotatable bonds is 5. The number of nitrogens with one attached hydrogen (secondary N) is 1. The highest BCUT2D eigenvalue weighted by Gasteiger charge is 2.64. The maximum atomic E-state index is 13.9. The van der Waals surface area contributed by atoms with E-state index < -0.39 is 58.0 Å². The van der Waals surface area contributed by atoms with Gasteiger partial charge in [-0.25, -0.2) is 0 Å². The number of aliphatic hydroxyl groups excluding tert-OH is 2. The Morgan fingerprint density at radius 1 is 1.16 bits per heavy atom. The molecule has 2 fully saturated rings. The van der Waals surface area contributed by atoms with Gasteiger partial charge in [-0.2, -0.15) is 0 Å². The van der Waals surface area contributed by atoms with Gasteiger partial charge in [0.2, 0.25) is 5.78 Å².